The Hall–Kier alpha value is -3.15. The standard InChI is InChI=1S/C23H24N4O2/c28-22(25-12-5-1-6-13-25)20-19-10-4-7-14-27(19)21(24-20)23(29)26-15-11-17-8-2-3-9-18(17)16-26/h2-4,7-10,14H,1,5-6,11-13,15-16H2. The van der Waals surface area contributed by atoms with Gasteiger partial charge in [0.15, 0.2) is 5.69 Å². The number of piperidine rings is 1. The first-order valence-corrected chi connectivity index (χ1v) is 10.3. The molecule has 29 heavy (non-hydrogen) atoms. The van der Waals surface area contributed by atoms with Crippen LogP contribution in [0, 0.1) is 0 Å². The normalized spacial score (nSPS) is 16.7. The Morgan fingerprint density at radius 2 is 1.55 bits per heavy atom. The smallest absolute Gasteiger partial charge is 0.290 e. The van der Waals surface area contributed by atoms with Gasteiger partial charge in [-0.25, -0.2) is 4.98 Å². The Bertz CT molecular complexity index is 1080. The van der Waals surface area contributed by atoms with Crippen molar-refractivity contribution in [3.63, 3.8) is 0 Å². The van der Waals surface area contributed by atoms with E-state index in [0.29, 0.717) is 30.1 Å². The molecule has 0 spiro atoms. The molecular formula is C23H24N4O2. The van der Waals surface area contributed by atoms with Crippen molar-refractivity contribution in [3.8, 4) is 0 Å². The molecule has 0 saturated carbocycles. The SMILES string of the molecule is O=C(c1nc(C(=O)N2CCc3ccccc3C2)n2ccccc12)N1CCCCC1. The first-order chi connectivity index (χ1) is 14.2. The zero-order chi connectivity index (χ0) is 19.8. The molecule has 3 aromatic rings. The molecule has 1 aromatic carbocycles. The van der Waals surface area contributed by atoms with Crippen LogP contribution in [0.4, 0.5) is 0 Å². The summed E-state index contributed by atoms with van der Waals surface area (Å²) in [7, 11) is 0. The van der Waals surface area contributed by atoms with Crippen LogP contribution in [0.5, 0.6) is 0 Å². The monoisotopic (exact) mass is 388 g/mol. The fraction of sp³-hybridized carbons (Fsp3) is 0.348. The Kier molecular flexibility index (Phi) is 4.54. The Balaban J connectivity index is 1.49. The van der Waals surface area contributed by atoms with Crippen molar-refractivity contribution in [2.45, 2.75) is 32.2 Å². The molecule has 1 fully saturated rings. The van der Waals surface area contributed by atoms with Crippen molar-refractivity contribution >= 4 is 17.3 Å². The van der Waals surface area contributed by atoms with E-state index in [4.69, 9.17) is 0 Å². The van der Waals surface area contributed by atoms with Gasteiger partial charge >= 0.3 is 0 Å². The average molecular weight is 388 g/mol. The summed E-state index contributed by atoms with van der Waals surface area (Å²) in [5.41, 5.74) is 3.56. The number of pyridine rings is 1. The summed E-state index contributed by atoms with van der Waals surface area (Å²) in [6.45, 7) is 2.76. The number of benzene rings is 1. The van der Waals surface area contributed by atoms with Crippen LogP contribution >= 0.6 is 0 Å². The van der Waals surface area contributed by atoms with E-state index in [9.17, 15) is 9.59 Å². The van der Waals surface area contributed by atoms with Crippen molar-refractivity contribution in [3.05, 3.63) is 71.3 Å². The van der Waals surface area contributed by atoms with Crippen LogP contribution in [0.3, 0.4) is 0 Å². The maximum absolute atomic E-state index is 13.4. The zero-order valence-corrected chi connectivity index (χ0v) is 16.4. The lowest BCUT2D eigenvalue weighted by atomic mass is 10.00. The number of carbonyl (C=O) groups is 2. The molecule has 0 bridgehead atoms. The minimum atomic E-state index is -0.126. The molecule has 6 heteroatoms. The summed E-state index contributed by atoms with van der Waals surface area (Å²) in [6.07, 6.45) is 5.87. The van der Waals surface area contributed by atoms with Gasteiger partial charge in [0.25, 0.3) is 11.8 Å². The number of fused-ring (bicyclic) bond motifs is 2. The van der Waals surface area contributed by atoms with E-state index in [1.54, 1.807) is 4.40 Å². The average Bonchev–Trinajstić information content (AvgIpc) is 3.18. The first-order valence-electron chi connectivity index (χ1n) is 10.3. The summed E-state index contributed by atoms with van der Waals surface area (Å²) in [5, 5.41) is 0. The molecule has 0 aliphatic carbocycles. The van der Waals surface area contributed by atoms with Gasteiger partial charge in [-0.1, -0.05) is 30.3 Å². The lowest BCUT2D eigenvalue weighted by Gasteiger charge is -2.28. The van der Waals surface area contributed by atoms with Gasteiger partial charge in [0.1, 0.15) is 0 Å². The molecular weight excluding hydrogens is 364 g/mol. The summed E-state index contributed by atoms with van der Waals surface area (Å²) in [4.78, 5) is 34.7. The van der Waals surface area contributed by atoms with E-state index in [0.717, 1.165) is 38.8 Å². The summed E-state index contributed by atoms with van der Waals surface area (Å²) in [5.74, 6) is 0.121. The third-order valence-electron chi connectivity index (χ3n) is 6.00. The molecule has 2 aliphatic rings. The van der Waals surface area contributed by atoms with Crippen molar-refractivity contribution in [2.24, 2.45) is 0 Å². The van der Waals surface area contributed by atoms with Crippen LogP contribution in [0.1, 0.15) is 51.5 Å². The second-order valence-corrected chi connectivity index (χ2v) is 7.84. The predicted octanol–water partition coefficient (Wildman–Crippen LogP) is 3.16. The van der Waals surface area contributed by atoms with Gasteiger partial charge in [0, 0.05) is 32.4 Å². The van der Waals surface area contributed by atoms with Crippen LogP contribution in [0.25, 0.3) is 5.52 Å². The minimum Gasteiger partial charge on any atom is -0.337 e. The fourth-order valence-corrected chi connectivity index (χ4v) is 4.40. The van der Waals surface area contributed by atoms with E-state index in [1.165, 1.54) is 11.1 Å². The molecule has 6 nitrogen and oxygen atoms in total. The predicted molar refractivity (Wildman–Crippen MR) is 110 cm³/mol. The minimum absolute atomic E-state index is 0.0727. The number of rotatable bonds is 2. The van der Waals surface area contributed by atoms with E-state index in [1.807, 2.05) is 46.3 Å². The molecule has 0 radical (unpaired) electrons. The highest BCUT2D eigenvalue weighted by Crippen LogP contribution is 2.23. The Morgan fingerprint density at radius 1 is 0.793 bits per heavy atom. The molecule has 2 aromatic heterocycles. The van der Waals surface area contributed by atoms with Crippen LogP contribution in [0.15, 0.2) is 48.7 Å². The van der Waals surface area contributed by atoms with Crippen molar-refractivity contribution in [1.82, 2.24) is 19.2 Å². The van der Waals surface area contributed by atoms with Crippen LogP contribution in [-0.4, -0.2) is 50.6 Å². The number of hydrogen-bond acceptors (Lipinski definition) is 3. The molecule has 4 heterocycles. The Labute approximate surface area is 169 Å². The lowest BCUT2D eigenvalue weighted by Crippen LogP contribution is -2.37. The third-order valence-corrected chi connectivity index (χ3v) is 6.00. The van der Waals surface area contributed by atoms with Gasteiger partial charge in [0.2, 0.25) is 5.82 Å². The maximum Gasteiger partial charge on any atom is 0.290 e. The third kappa shape index (κ3) is 3.18. The summed E-state index contributed by atoms with van der Waals surface area (Å²) >= 11 is 0. The van der Waals surface area contributed by atoms with Crippen molar-refractivity contribution in [1.29, 1.82) is 0 Å². The quantitative estimate of drug-likeness (QED) is 0.678. The van der Waals surface area contributed by atoms with Gasteiger partial charge in [-0.2, -0.15) is 0 Å². The van der Waals surface area contributed by atoms with E-state index in [2.05, 4.69) is 17.1 Å². The molecule has 148 valence electrons. The van der Waals surface area contributed by atoms with Crippen LogP contribution < -0.4 is 0 Å². The number of likely N-dealkylation sites (tertiary alicyclic amines) is 1. The van der Waals surface area contributed by atoms with Gasteiger partial charge in [-0.05, 0) is 48.9 Å². The Morgan fingerprint density at radius 3 is 2.38 bits per heavy atom. The molecule has 5 rings (SSSR count). The molecule has 1 saturated heterocycles. The number of aromatic nitrogens is 2. The van der Waals surface area contributed by atoms with Gasteiger partial charge in [0.05, 0.1) is 5.52 Å². The number of carbonyl (C=O) groups excluding carboxylic acids is 2. The summed E-state index contributed by atoms with van der Waals surface area (Å²) < 4.78 is 1.76. The van der Waals surface area contributed by atoms with E-state index in [-0.39, 0.29) is 11.8 Å². The zero-order valence-electron chi connectivity index (χ0n) is 16.4. The number of imidazole rings is 1. The molecule has 0 N–H and O–H groups in total. The molecule has 0 unspecified atom stereocenters. The first kappa shape index (κ1) is 17.9. The highest BCUT2D eigenvalue weighted by Gasteiger charge is 2.29. The maximum atomic E-state index is 13.4. The molecule has 0 atom stereocenters. The van der Waals surface area contributed by atoms with Crippen molar-refractivity contribution < 1.29 is 9.59 Å². The summed E-state index contributed by atoms with van der Waals surface area (Å²) in [6, 6.07) is 13.9. The number of amides is 2. The largest absolute Gasteiger partial charge is 0.337 e. The second kappa shape index (κ2) is 7.35. The van der Waals surface area contributed by atoms with Crippen LogP contribution in [-0.2, 0) is 13.0 Å². The van der Waals surface area contributed by atoms with Crippen molar-refractivity contribution in [2.75, 3.05) is 19.6 Å². The molecule has 2 amide bonds. The van der Waals surface area contributed by atoms with Gasteiger partial charge in [-0.3, -0.25) is 14.0 Å². The van der Waals surface area contributed by atoms with E-state index >= 15 is 0 Å². The highest BCUT2D eigenvalue weighted by atomic mass is 16.2. The number of nitrogens with zero attached hydrogens (tertiary/aromatic N) is 4. The second-order valence-electron chi connectivity index (χ2n) is 7.84. The van der Waals surface area contributed by atoms with Gasteiger partial charge in [-0.15, -0.1) is 0 Å². The fourth-order valence-electron chi connectivity index (χ4n) is 4.40. The van der Waals surface area contributed by atoms with Gasteiger partial charge < -0.3 is 9.80 Å². The highest BCUT2D eigenvalue weighted by molar-refractivity contribution is 6.02. The van der Waals surface area contributed by atoms with E-state index < -0.39 is 0 Å². The van der Waals surface area contributed by atoms with Crippen LogP contribution in [0.2, 0.25) is 0 Å². The number of hydrogen-bond donors (Lipinski definition) is 0. The topological polar surface area (TPSA) is 57.9 Å². The molecule has 2 aliphatic heterocycles. The lowest BCUT2D eigenvalue weighted by molar-refractivity contribution is 0.0717.